The van der Waals surface area contributed by atoms with Crippen LogP contribution < -0.4 is 10.2 Å². The number of carbonyl (C=O) groups is 2. The summed E-state index contributed by atoms with van der Waals surface area (Å²) in [4.78, 5) is 34.8. The minimum atomic E-state index is -0.0985. The summed E-state index contributed by atoms with van der Waals surface area (Å²) in [7, 11) is 0. The van der Waals surface area contributed by atoms with Crippen LogP contribution in [0, 0.1) is 5.92 Å². The molecule has 0 bridgehead atoms. The largest absolute Gasteiger partial charge is 0.357 e. The number of anilines is 2. The average Bonchev–Trinajstić information content (AvgIpc) is 3.40. The lowest BCUT2D eigenvalue weighted by atomic mass is 10.1. The highest BCUT2D eigenvalue weighted by atomic mass is 16.2. The second-order valence-electron chi connectivity index (χ2n) is 7.69. The van der Waals surface area contributed by atoms with Gasteiger partial charge >= 0.3 is 0 Å². The van der Waals surface area contributed by atoms with Crippen molar-refractivity contribution in [1.29, 1.82) is 0 Å². The molecule has 2 saturated heterocycles. The van der Waals surface area contributed by atoms with E-state index in [1.165, 1.54) is 32.1 Å². The molecule has 1 saturated carbocycles. The summed E-state index contributed by atoms with van der Waals surface area (Å²) >= 11 is 0. The lowest BCUT2D eigenvalue weighted by Gasteiger charge is -2.27. The maximum absolute atomic E-state index is 12.3. The molecule has 1 aromatic heterocycles. The van der Waals surface area contributed by atoms with Gasteiger partial charge in [0, 0.05) is 19.6 Å². The molecule has 1 aliphatic carbocycles. The van der Waals surface area contributed by atoms with E-state index in [0.717, 1.165) is 25.5 Å². The summed E-state index contributed by atoms with van der Waals surface area (Å²) in [6, 6.07) is 3.88. The van der Waals surface area contributed by atoms with Gasteiger partial charge in [-0.1, -0.05) is 0 Å². The Morgan fingerprint density at radius 2 is 2.00 bits per heavy atom. The number of aromatic nitrogens is 1. The summed E-state index contributed by atoms with van der Waals surface area (Å²) in [5, 5.41) is 2.89. The fourth-order valence-electron chi connectivity index (χ4n) is 3.71. The van der Waals surface area contributed by atoms with Crippen LogP contribution in [0.1, 0.15) is 32.1 Å². The van der Waals surface area contributed by atoms with Crippen LogP contribution in [0.25, 0.3) is 0 Å². The van der Waals surface area contributed by atoms with Crippen molar-refractivity contribution in [3.05, 3.63) is 18.3 Å². The normalized spacial score (nSPS) is 21.3. The Bertz CT molecular complexity index is 652. The molecule has 1 aromatic rings. The number of pyridine rings is 1. The third-order valence-electron chi connectivity index (χ3n) is 5.34. The zero-order valence-corrected chi connectivity index (χ0v) is 15.2. The third kappa shape index (κ3) is 4.33. The zero-order valence-electron chi connectivity index (χ0n) is 15.2. The Kier molecular flexibility index (Phi) is 5.06. The lowest BCUT2D eigenvalue weighted by molar-refractivity contribution is -0.126. The molecule has 0 atom stereocenters. The minimum Gasteiger partial charge on any atom is -0.357 e. The van der Waals surface area contributed by atoms with Crippen LogP contribution in [0.4, 0.5) is 11.5 Å². The molecule has 0 spiro atoms. The van der Waals surface area contributed by atoms with Gasteiger partial charge in [-0.25, -0.2) is 4.98 Å². The zero-order chi connectivity index (χ0) is 17.9. The summed E-state index contributed by atoms with van der Waals surface area (Å²) in [6.07, 6.45) is 7.90. The molecule has 0 radical (unpaired) electrons. The van der Waals surface area contributed by atoms with Gasteiger partial charge in [0.2, 0.25) is 11.8 Å². The van der Waals surface area contributed by atoms with E-state index in [9.17, 15) is 9.59 Å². The van der Waals surface area contributed by atoms with Gasteiger partial charge in [0.15, 0.2) is 0 Å². The Morgan fingerprint density at radius 1 is 1.19 bits per heavy atom. The number of amides is 2. The van der Waals surface area contributed by atoms with Gasteiger partial charge in [-0.2, -0.15) is 0 Å². The highest BCUT2D eigenvalue weighted by molar-refractivity contribution is 5.93. The molecule has 26 heavy (non-hydrogen) atoms. The highest BCUT2D eigenvalue weighted by Gasteiger charge is 2.33. The number of hydrogen-bond acceptors (Lipinski definition) is 5. The molecule has 3 fully saturated rings. The second kappa shape index (κ2) is 7.61. The first-order chi connectivity index (χ1) is 12.7. The molecule has 0 aromatic carbocycles. The Labute approximate surface area is 154 Å². The van der Waals surface area contributed by atoms with Gasteiger partial charge < -0.3 is 15.1 Å². The summed E-state index contributed by atoms with van der Waals surface area (Å²) in [5.74, 6) is 1.69. The molecule has 4 rings (SSSR count). The molecule has 140 valence electrons. The van der Waals surface area contributed by atoms with Gasteiger partial charge in [-0.05, 0) is 50.2 Å². The molecular weight excluding hydrogens is 330 g/mol. The molecule has 2 amide bonds. The van der Waals surface area contributed by atoms with Gasteiger partial charge in [0.1, 0.15) is 5.82 Å². The van der Waals surface area contributed by atoms with Crippen molar-refractivity contribution < 1.29 is 9.59 Å². The van der Waals surface area contributed by atoms with Crippen molar-refractivity contribution in [1.82, 2.24) is 14.8 Å². The van der Waals surface area contributed by atoms with Crippen molar-refractivity contribution in [2.75, 3.05) is 49.6 Å². The molecule has 7 nitrogen and oxygen atoms in total. The highest BCUT2D eigenvalue weighted by Crippen LogP contribution is 2.30. The molecule has 2 aliphatic heterocycles. The van der Waals surface area contributed by atoms with Gasteiger partial charge in [0.05, 0.1) is 31.6 Å². The number of nitrogens with zero attached hydrogens (tertiary/aromatic N) is 4. The number of piperidine rings is 1. The Hall–Kier alpha value is -2.15. The van der Waals surface area contributed by atoms with E-state index in [0.29, 0.717) is 24.8 Å². The number of hydrogen-bond donors (Lipinski definition) is 1. The van der Waals surface area contributed by atoms with Crippen molar-refractivity contribution in [2.24, 2.45) is 5.92 Å². The van der Waals surface area contributed by atoms with Crippen molar-refractivity contribution >= 4 is 23.3 Å². The number of carbonyl (C=O) groups excluding carboxylic acids is 2. The topological polar surface area (TPSA) is 68.8 Å². The van der Waals surface area contributed by atoms with Crippen LogP contribution in [0.3, 0.4) is 0 Å². The molecule has 0 unspecified atom stereocenters. The first kappa shape index (κ1) is 17.3. The lowest BCUT2D eigenvalue weighted by Crippen LogP contribution is -2.33. The smallest absolute Gasteiger partial charge is 0.238 e. The minimum absolute atomic E-state index is 0.0985. The molecule has 1 N–H and O–H groups in total. The van der Waals surface area contributed by atoms with Gasteiger partial charge in [-0.3, -0.25) is 14.5 Å². The van der Waals surface area contributed by atoms with E-state index in [2.05, 4.69) is 15.2 Å². The first-order valence-electron chi connectivity index (χ1n) is 9.68. The summed E-state index contributed by atoms with van der Waals surface area (Å²) in [5.41, 5.74) is 0.705. The van der Waals surface area contributed by atoms with Gasteiger partial charge in [-0.15, -0.1) is 0 Å². The maximum Gasteiger partial charge on any atom is 0.238 e. The SMILES string of the molecule is O=C(CN1CC(=O)N(CC2CC2)C1)Nc1ccc(N2CCCCC2)nc1. The van der Waals surface area contributed by atoms with E-state index in [4.69, 9.17) is 0 Å². The van der Waals surface area contributed by atoms with E-state index in [1.54, 1.807) is 6.20 Å². The first-order valence-corrected chi connectivity index (χ1v) is 9.68. The van der Waals surface area contributed by atoms with Crippen LogP contribution in [0.15, 0.2) is 18.3 Å². The average molecular weight is 357 g/mol. The van der Waals surface area contributed by atoms with Gasteiger partial charge in [0.25, 0.3) is 0 Å². The van der Waals surface area contributed by atoms with Crippen molar-refractivity contribution in [3.8, 4) is 0 Å². The van der Waals surface area contributed by atoms with Crippen LogP contribution in [0.2, 0.25) is 0 Å². The van der Waals surface area contributed by atoms with Crippen LogP contribution in [0.5, 0.6) is 0 Å². The van der Waals surface area contributed by atoms with E-state index in [-0.39, 0.29) is 18.4 Å². The van der Waals surface area contributed by atoms with Crippen LogP contribution in [-0.4, -0.2) is 66.0 Å². The third-order valence-corrected chi connectivity index (χ3v) is 5.34. The number of nitrogens with one attached hydrogen (secondary N) is 1. The predicted octanol–water partition coefficient (Wildman–Crippen LogP) is 1.52. The van der Waals surface area contributed by atoms with E-state index >= 15 is 0 Å². The Morgan fingerprint density at radius 3 is 2.69 bits per heavy atom. The number of rotatable bonds is 6. The van der Waals surface area contributed by atoms with E-state index in [1.807, 2.05) is 21.9 Å². The molecular formula is C19H27N5O2. The predicted molar refractivity (Wildman–Crippen MR) is 99.8 cm³/mol. The fraction of sp³-hybridized carbons (Fsp3) is 0.632. The fourth-order valence-corrected chi connectivity index (χ4v) is 3.71. The second-order valence-corrected chi connectivity index (χ2v) is 7.69. The standard InChI is InChI=1S/C19H27N5O2/c25-18(12-22-13-19(26)24(14-22)11-15-4-5-15)21-16-6-7-17(20-10-16)23-8-2-1-3-9-23/h6-7,10,15H,1-5,8-9,11-14H2,(H,21,25). The van der Waals surface area contributed by atoms with Crippen LogP contribution >= 0.6 is 0 Å². The summed E-state index contributed by atoms with van der Waals surface area (Å²) in [6.45, 7) is 4.10. The van der Waals surface area contributed by atoms with Crippen LogP contribution in [-0.2, 0) is 9.59 Å². The maximum atomic E-state index is 12.3. The van der Waals surface area contributed by atoms with E-state index < -0.39 is 0 Å². The quantitative estimate of drug-likeness (QED) is 0.836. The van der Waals surface area contributed by atoms with Crippen molar-refractivity contribution in [2.45, 2.75) is 32.1 Å². The molecule has 3 heterocycles. The molecule has 7 heteroatoms. The summed E-state index contributed by atoms with van der Waals surface area (Å²) < 4.78 is 0. The Balaban J connectivity index is 1.26. The monoisotopic (exact) mass is 357 g/mol. The van der Waals surface area contributed by atoms with Crippen molar-refractivity contribution in [3.63, 3.8) is 0 Å². The molecule has 3 aliphatic rings.